The Balaban J connectivity index is 1.75. The van der Waals surface area contributed by atoms with Gasteiger partial charge >= 0.3 is 0 Å². The lowest BCUT2D eigenvalue weighted by molar-refractivity contribution is -0.383. The second-order valence-electron chi connectivity index (χ2n) is 6.26. The Labute approximate surface area is 159 Å². The molecule has 0 bridgehead atoms. The topological polar surface area (TPSA) is 105 Å². The minimum atomic E-state index is -0.980. The van der Waals surface area contributed by atoms with E-state index in [1.807, 2.05) is 24.3 Å². The first-order valence-corrected chi connectivity index (χ1v) is 9.94. The van der Waals surface area contributed by atoms with Crippen molar-refractivity contribution in [2.24, 2.45) is 0 Å². The van der Waals surface area contributed by atoms with Crippen LogP contribution >= 0.6 is 0 Å². The molecule has 1 heterocycles. The number of rotatable bonds is 6. The lowest BCUT2D eigenvalue weighted by Gasteiger charge is -2.21. The molecular weight excluding hydrogens is 366 g/mol. The highest BCUT2D eigenvalue weighted by Gasteiger charge is 2.20. The fourth-order valence-electron chi connectivity index (χ4n) is 2.97. The second-order valence-corrected chi connectivity index (χ2v) is 7.98. The highest BCUT2D eigenvalue weighted by atomic mass is 32.2. The van der Waals surface area contributed by atoms with Gasteiger partial charge in [-0.1, -0.05) is 12.1 Å². The van der Waals surface area contributed by atoms with Crippen LogP contribution in [0.5, 0.6) is 0 Å². The Kier molecular flexibility index (Phi) is 6.16. The van der Waals surface area contributed by atoms with Gasteiger partial charge in [-0.05, 0) is 42.7 Å². The van der Waals surface area contributed by atoms with Crippen molar-refractivity contribution in [2.75, 3.05) is 18.5 Å². The van der Waals surface area contributed by atoms with E-state index in [0.29, 0.717) is 30.3 Å². The number of nitrogens with one attached hydrogen (secondary N) is 1. The van der Waals surface area contributed by atoms with Crippen molar-refractivity contribution in [2.45, 2.75) is 23.8 Å². The van der Waals surface area contributed by atoms with Crippen molar-refractivity contribution in [1.82, 2.24) is 0 Å². The smallest absolute Gasteiger partial charge is 0.293 e. The first-order chi connectivity index (χ1) is 13.1. The molecular formula is C19H19N3O4S. The molecule has 140 valence electrons. The average molecular weight is 385 g/mol. The average Bonchev–Trinajstić information content (AvgIpc) is 2.69. The largest absolute Gasteiger partial charge is 0.381 e. The van der Waals surface area contributed by atoms with E-state index in [4.69, 9.17) is 10.00 Å². The van der Waals surface area contributed by atoms with Gasteiger partial charge in [-0.15, -0.1) is 0 Å². The molecule has 1 atom stereocenters. The highest BCUT2D eigenvalue weighted by Crippen LogP contribution is 2.29. The summed E-state index contributed by atoms with van der Waals surface area (Å²) >= 11 is 0. The van der Waals surface area contributed by atoms with E-state index in [9.17, 15) is 14.3 Å². The number of nitro groups is 1. The molecule has 1 fully saturated rings. The van der Waals surface area contributed by atoms with Crippen LogP contribution in [0.3, 0.4) is 0 Å². The van der Waals surface area contributed by atoms with Crippen molar-refractivity contribution >= 4 is 27.9 Å². The van der Waals surface area contributed by atoms with Gasteiger partial charge in [0, 0.05) is 46.8 Å². The van der Waals surface area contributed by atoms with Crippen LogP contribution in [0.15, 0.2) is 42.5 Å². The minimum Gasteiger partial charge on any atom is -0.381 e. The summed E-state index contributed by atoms with van der Waals surface area (Å²) in [4.78, 5) is 10.8. The summed E-state index contributed by atoms with van der Waals surface area (Å²) in [7, 11) is -0.980. The van der Waals surface area contributed by atoms with Crippen molar-refractivity contribution in [3.63, 3.8) is 0 Å². The first kappa shape index (κ1) is 19.0. The third kappa shape index (κ3) is 4.90. The van der Waals surface area contributed by atoms with Gasteiger partial charge in [-0.2, -0.15) is 5.26 Å². The predicted octanol–water partition coefficient (Wildman–Crippen LogP) is 3.64. The molecule has 1 aliphatic heterocycles. The molecule has 0 radical (unpaired) electrons. The fraction of sp³-hybridized carbons (Fsp3) is 0.316. The van der Waals surface area contributed by atoms with Gasteiger partial charge in [0.25, 0.3) is 5.69 Å². The zero-order valence-electron chi connectivity index (χ0n) is 14.6. The fourth-order valence-corrected chi connectivity index (χ4v) is 4.44. The van der Waals surface area contributed by atoms with Crippen LogP contribution in [-0.4, -0.2) is 27.6 Å². The Hall–Kier alpha value is -2.76. The van der Waals surface area contributed by atoms with Gasteiger partial charge in [0.2, 0.25) is 0 Å². The van der Waals surface area contributed by atoms with E-state index in [1.165, 1.54) is 18.2 Å². The second kappa shape index (κ2) is 8.75. The van der Waals surface area contributed by atoms with Gasteiger partial charge in [-0.25, -0.2) is 0 Å². The SMILES string of the molecule is N#Cc1ccc(Nc2cccc(CS(=O)C3CCOCC3)c2)c([N+](=O)[O-])c1. The maximum absolute atomic E-state index is 12.6. The van der Waals surface area contributed by atoms with Crippen LogP contribution in [0.4, 0.5) is 17.1 Å². The van der Waals surface area contributed by atoms with E-state index in [-0.39, 0.29) is 16.5 Å². The maximum atomic E-state index is 12.6. The third-order valence-electron chi connectivity index (χ3n) is 4.38. The Morgan fingerprint density at radius 1 is 1.26 bits per heavy atom. The lowest BCUT2D eigenvalue weighted by atomic mass is 10.1. The number of nitro benzene ring substituents is 1. The minimum absolute atomic E-state index is 0.148. The predicted molar refractivity (Wildman–Crippen MR) is 103 cm³/mol. The summed E-state index contributed by atoms with van der Waals surface area (Å²) in [6.07, 6.45) is 1.62. The number of nitrogens with zero attached hydrogens (tertiary/aromatic N) is 2. The van der Waals surface area contributed by atoms with Gasteiger partial charge in [0.15, 0.2) is 0 Å². The molecule has 27 heavy (non-hydrogen) atoms. The van der Waals surface area contributed by atoms with Crippen molar-refractivity contribution in [1.29, 1.82) is 5.26 Å². The van der Waals surface area contributed by atoms with Gasteiger partial charge in [0.1, 0.15) is 5.69 Å². The summed E-state index contributed by atoms with van der Waals surface area (Å²) < 4.78 is 17.9. The molecule has 1 saturated heterocycles. The number of ether oxygens (including phenoxy) is 1. The first-order valence-electron chi connectivity index (χ1n) is 8.56. The summed E-state index contributed by atoms with van der Waals surface area (Å²) in [5, 5.41) is 23.4. The molecule has 1 unspecified atom stereocenters. The van der Waals surface area contributed by atoms with E-state index in [0.717, 1.165) is 18.4 Å². The summed E-state index contributed by atoms with van der Waals surface area (Å²) in [6, 6.07) is 13.6. The lowest BCUT2D eigenvalue weighted by Crippen LogP contribution is -2.25. The number of hydrogen-bond acceptors (Lipinski definition) is 6. The third-order valence-corrected chi connectivity index (χ3v) is 6.21. The zero-order valence-corrected chi connectivity index (χ0v) is 15.4. The van der Waals surface area contributed by atoms with Crippen LogP contribution in [0.2, 0.25) is 0 Å². The quantitative estimate of drug-likeness (QED) is 0.601. The zero-order chi connectivity index (χ0) is 19.2. The van der Waals surface area contributed by atoms with Crippen LogP contribution in [0.25, 0.3) is 0 Å². The Bertz CT molecular complexity index is 904. The molecule has 2 aromatic rings. The van der Waals surface area contributed by atoms with E-state index in [1.54, 1.807) is 6.07 Å². The molecule has 0 amide bonds. The molecule has 8 heteroatoms. The van der Waals surface area contributed by atoms with Crippen LogP contribution in [0, 0.1) is 21.4 Å². The molecule has 0 aromatic heterocycles. The van der Waals surface area contributed by atoms with Gasteiger partial charge in [-0.3, -0.25) is 14.3 Å². The summed E-state index contributed by atoms with van der Waals surface area (Å²) in [5.41, 5.74) is 1.95. The molecule has 0 spiro atoms. The van der Waals surface area contributed by atoms with E-state index in [2.05, 4.69) is 5.32 Å². The van der Waals surface area contributed by atoms with Crippen LogP contribution in [0.1, 0.15) is 24.0 Å². The van der Waals surface area contributed by atoms with Crippen molar-refractivity contribution < 1.29 is 13.9 Å². The van der Waals surface area contributed by atoms with Crippen molar-refractivity contribution in [3.8, 4) is 6.07 Å². The van der Waals surface area contributed by atoms with Crippen LogP contribution < -0.4 is 5.32 Å². The van der Waals surface area contributed by atoms with E-state index < -0.39 is 15.7 Å². The molecule has 1 N–H and O–H groups in total. The van der Waals surface area contributed by atoms with Gasteiger partial charge < -0.3 is 10.1 Å². The number of nitriles is 1. The number of benzene rings is 2. The highest BCUT2D eigenvalue weighted by molar-refractivity contribution is 7.84. The molecule has 3 rings (SSSR count). The normalized spacial score (nSPS) is 15.7. The standard InChI is InChI=1S/C19H19N3O4S/c20-12-14-4-5-18(19(11-14)22(23)24)21-16-3-1-2-15(10-16)13-27(25)17-6-8-26-9-7-17/h1-5,10-11,17,21H,6-9,13H2. The molecule has 0 aliphatic carbocycles. The van der Waals surface area contributed by atoms with Crippen LogP contribution in [-0.2, 0) is 21.3 Å². The number of anilines is 2. The molecule has 2 aromatic carbocycles. The summed E-state index contributed by atoms with van der Waals surface area (Å²) in [6.45, 7) is 1.31. The summed E-state index contributed by atoms with van der Waals surface area (Å²) in [5.74, 6) is 0.440. The van der Waals surface area contributed by atoms with Crippen molar-refractivity contribution in [3.05, 3.63) is 63.7 Å². The molecule has 1 aliphatic rings. The number of hydrogen-bond donors (Lipinski definition) is 1. The molecule has 0 saturated carbocycles. The maximum Gasteiger partial charge on any atom is 0.293 e. The molecule has 7 nitrogen and oxygen atoms in total. The van der Waals surface area contributed by atoms with E-state index >= 15 is 0 Å². The van der Waals surface area contributed by atoms with Gasteiger partial charge in [0.05, 0.1) is 16.6 Å². The monoisotopic (exact) mass is 385 g/mol. The Morgan fingerprint density at radius 2 is 2.04 bits per heavy atom. The Morgan fingerprint density at radius 3 is 2.74 bits per heavy atom.